The van der Waals surface area contributed by atoms with E-state index < -0.39 is 15.4 Å². The predicted octanol–water partition coefficient (Wildman–Crippen LogP) is -1.78. The van der Waals surface area contributed by atoms with E-state index in [1.165, 1.54) is 0 Å². The van der Waals surface area contributed by atoms with E-state index in [1.807, 2.05) is 0 Å². The topological polar surface area (TPSA) is 81.4 Å². The van der Waals surface area contributed by atoms with Crippen molar-refractivity contribution in [2.75, 3.05) is 19.8 Å². The molecular formula is C4H10N2O3S. The van der Waals surface area contributed by atoms with Crippen LogP contribution in [0.4, 0.5) is 0 Å². The third-order valence-electron chi connectivity index (χ3n) is 1.28. The lowest BCUT2D eigenvalue weighted by Crippen LogP contribution is -2.49. The molecule has 0 bridgehead atoms. The lowest BCUT2D eigenvalue weighted by atomic mass is 10.5. The van der Waals surface area contributed by atoms with Crippen LogP contribution >= 0.6 is 0 Å². The van der Waals surface area contributed by atoms with Gasteiger partial charge >= 0.3 is 0 Å². The average Bonchev–Trinajstić information content (AvgIpc) is 1.88. The normalized spacial score (nSPS) is 28.3. The van der Waals surface area contributed by atoms with Crippen molar-refractivity contribution in [3.63, 3.8) is 0 Å². The summed E-state index contributed by atoms with van der Waals surface area (Å²) in [7, 11) is -3.46. The monoisotopic (exact) mass is 166 g/mol. The van der Waals surface area contributed by atoms with Gasteiger partial charge in [0, 0.05) is 6.54 Å². The lowest BCUT2D eigenvalue weighted by molar-refractivity contribution is 0.0978. The number of ether oxygens (including phenoxy) is 1. The quantitative estimate of drug-likeness (QED) is 0.482. The number of rotatable bonds is 1. The van der Waals surface area contributed by atoms with Crippen LogP contribution in [-0.2, 0) is 14.8 Å². The Morgan fingerprint density at radius 1 is 1.60 bits per heavy atom. The van der Waals surface area contributed by atoms with Crippen molar-refractivity contribution in [2.45, 2.75) is 5.37 Å². The van der Waals surface area contributed by atoms with Gasteiger partial charge in [-0.25, -0.2) is 13.6 Å². The van der Waals surface area contributed by atoms with Crippen LogP contribution in [0.5, 0.6) is 0 Å². The van der Waals surface area contributed by atoms with Gasteiger partial charge in [-0.2, -0.15) is 0 Å². The minimum atomic E-state index is -3.46. The Labute approximate surface area is 59.6 Å². The molecule has 0 aromatic heterocycles. The van der Waals surface area contributed by atoms with Gasteiger partial charge in [-0.15, -0.1) is 0 Å². The van der Waals surface area contributed by atoms with Gasteiger partial charge < -0.3 is 4.74 Å². The van der Waals surface area contributed by atoms with E-state index in [0.29, 0.717) is 13.2 Å². The van der Waals surface area contributed by atoms with Crippen LogP contribution in [-0.4, -0.2) is 33.6 Å². The molecule has 1 heterocycles. The second-order valence-electron chi connectivity index (χ2n) is 2.11. The summed E-state index contributed by atoms with van der Waals surface area (Å²) in [6, 6.07) is 0. The molecule has 1 unspecified atom stereocenters. The minimum absolute atomic E-state index is 0.152. The molecule has 0 aromatic rings. The fourth-order valence-electron chi connectivity index (χ4n) is 0.752. The molecule has 0 saturated carbocycles. The van der Waals surface area contributed by atoms with Crippen LogP contribution in [0.15, 0.2) is 0 Å². The number of sulfonamides is 1. The van der Waals surface area contributed by atoms with E-state index >= 15 is 0 Å². The van der Waals surface area contributed by atoms with Crippen LogP contribution < -0.4 is 10.5 Å². The van der Waals surface area contributed by atoms with Gasteiger partial charge in [0.05, 0.1) is 13.2 Å². The molecule has 0 aromatic carbocycles. The van der Waals surface area contributed by atoms with Crippen molar-refractivity contribution in [3.05, 3.63) is 0 Å². The first kappa shape index (κ1) is 7.93. The minimum Gasteiger partial charge on any atom is -0.377 e. The first-order valence-corrected chi connectivity index (χ1v) is 4.54. The van der Waals surface area contributed by atoms with E-state index in [-0.39, 0.29) is 6.61 Å². The van der Waals surface area contributed by atoms with Crippen molar-refractivity contribution < 1.29 is 13.2 Å². The first-order valence-electron chi connectivity index (χ1n) is 2.93. The molecule has 0 aliphatic carbocycles. The highest BCUT2D eigenvalue weighted by molar-refractivity contribution is 7.89. The van der Waals surface area contributed by atoms with E-state index in [2.05, 4.69) is 5.32 Å². The summed E-state index contributed by atoms with van der Waals surface area (Å²) in [4.78, 5) is 0. The van der Waals surface area contributed by atoms with Crippen molar-refractivity contribution in [2.24, 2.45) is 5.14 Å². The van der Waals surface area contributed by atoms with Crippen molar-refractivity contribution >= 4 is 10.0 Å². The van der Waals surface area contributed by atoms with Crippen LogP contribution in [0, 0.1) is 0 Å². The Bertz CT molecular complexity index is 195. The summed E-state index contributed by atoms with van der Waals surface area (Å²) < 4.78 is 26.1. The molecule has 0 amide bonds. The Hall–Kier alpha value is -0.170. The summed E-state index contributed by atoms with van der Waals surface area (Å²) >= 11 is 0. The third-order valence-corrected chi connectivity index (χ3v) is 2.38. The zero-order valence-electron chi connectivity index (χ0n) is 5.41. The molecule has 1 aliphatic heterocycles. The number of nitrogens with two attached hydrogens (primary N) is 1. The highest BCUT2D eigenvalue weighted by Gasteiger charge is 2.23. The highest BCUT2D eigenvalue weighted by atomic mass is 32.2. The summed E-state index contributed by atoms with van der Waals surface area (Å²) in [6.07, 6.45) is 0. The van der Waals surface area contributed by atoms with Crippen LogP contribution in [0.1, 0.15) is 0 Å². The van der Waals surface area contributed by atoms with Gasteiger partial charge in [0.2, 0.25) is 10.0 Å². The molecule has 0 radical (unpaired) electrons. The third kappa shape index (κ3) is 1.91. The number of hydrogen-bond acceptors (Lipinski definition) is 4. The predicted molar refractivity (Wildman–Crippen MR) is 35.7 cm³/mol. The zero-order chi connectivity index (χ0) is 7.61. The molecule has 10 heavy (non-hydrogen) atoms. The molecule has 1 atom stereocenters. The smallest absolute Gasteiger partial charge is 0.227 e. The molecule has 1 rings (SSSR count). The van der Waals surface area contributed by atoms with E-state index in [4.69, 9.17) is 9.88 Å². The van der Waals surface area contributed by atoms with Gasteiger partial charge in [-0.1, -0.05) is 0 Å². The van der Waals surface area contributed by atoms with Gasteiger partial charge in [0.1, 0.15) is 5.37 Å². The van der Waals surface area contributed by atoms with Crippen LogP contribution in [0.2, 0.25) is 0 Å². The fraction of sp³-hybridized carbons (Fsp3) is 1.00. The molecule has 60 valence electrons. The molecule has 0 spiro atoms. The lowest BCUT2D eigenvalue weighted by Gasteiger charge is -2.21. The Kier molecular flexibility index (Phi) is 2.24. The van der Waals surface area contributed by atoms with E-state index in [9.17, 15) is 8.42 Å². The Morgan fingerprint density at radius 3 is 2.60 bits per heavy atom. The molecular weight excluding hydrogens is 156 g/mol. The van der Waals surface area contributed by atoms with E-state index in [0.717, 1.165) is 0 Å². The van der Waals surface area contributed by atoms with Crippen molar-refractivity contribution in [3.8, 4) is 0 Å². The SMILES string of the molecule is NS(=O)(=O)C1COCCN1. The summed E-state index contributed by atoms with van der Waals surface area (Å²) in [5.74, 6) is 0. The number of hydrogen-bond donors (Lipinski definition) is 2. The molecule has 6 heteroatoms. The first-order chi connectivity index (χ1) is 4.61. The maximum absolute atomic E-state index is 10.6. The molecule has 5 nitrogen and oxygen atoms in total. The second-order valence-corrected chi connectivity index (χ2v) is 3.85. The summed E-state index contributed by atoms with van der Waals surface area (Å²) in [5.41, 5.74) is 0. The molecule has 3 N–H and O–H groups in total. The maximum atomic E-state index is 10.6. The maximum Gasteiger partial charge on any atom is 0.227 e. The second kappa shape index (κ2) is 2.83. The largest absolute Gasteiger partial charge is 0.377 e. The van der Waals surface area contributed by atoms with Gasteiger partial charge in [-0.05, 0) is 0 Å². The van der Waals surface area contributed by atoms with Crippen LogP contribution in [0.3, 0.4) is 0 Å². The Balaban J connectivity index is 2.56. The van der Waals surface area contributed by atoms with Crippen molar-refractivity contribution in [1.29, 1.82) is 0 Å². The van der Waals surface area contributed by atoms with Gasteiger partial charge in [0.25, 0.3) is 0 Å². The number of nitrogens with one attached hydrogen (secondary N) is 1. The molecule has 1 saturated heterocycles. The zero-order valence-corrected chi connectivity index (χ0v) is 6.23. The summed E-state index contributed by atoms with van der Waals surface area (Å²) in [5, 5.41) is 6.84. The van der Waals surface area contributed by atoms with Gasteiger partial charge in [-0.3, -0.25) is 5.32 Å². The fourth-order valence-corrected chi connectivity index (χ4v) is 1.39. The van der Waals surface area contributed by atoms with Crippen LogP contribution in [0.25, 0.3) is 0 Å². The molecule has 1 fully saturated rings. The summed E-state index contributed by atoms with van der Waals surface area (Å²) in [6.45, 7) is 1.24. The standard InChI is InChI=1S/C4H10N2O3S/c5-10(7,8)4-3-9-2-1-6-4/h4,6H,1-3H2,(H2,5,7,8). The van der Waals surface area contributed by atoms with Crippen molar-refractivity contribution in [1.82, 2.24) is 5.32 Å². The number of morpholine rings is 1. The molecule has 1 aliphatic rings. The van der Waals surface area contributed by atoms with Gasteiger partial charge in [0.15, 0.2) is 0 Å². The number of primary sulfonamides is 1. The van der Waals surface area contributed by atoms with E-state index in [1.54, 1.807) is 0 Å². The Morgan fingerprint density at radius 2 is 2.30 bits per heavy atom. The highest BCUT2D eigenvalue weighted by Crippen LogP contribution is 1.96. The average molecular weight is 166 g/mol.